The molecule has 0 spiro atoms. The minimum absolute atomic E-state index is 0.00171. The quantitative estimate of drug-likeness (QED) is 0.288. The molecule has 7 N–H and O–H groups in total. The molecule has 10 nitrogen and oxygen atoms in total. The third kappa shape index (κ3) is 3.12. The predicted molar refractivity (Wildman–Crippen MR) is 101 cm³/mol. The summed E-state index contributed by atoms with van der Waals surface area (Å²) in [5, 5.41) is 69.5. The van der Waals surface area contributed by atoms with E-state index in [9.17, 15) is 40.5 Å². The number of aliphatic hydroxyl groups is 3. The van der Waals surface area contributed by atoms with Crippen molar-refractivity contribution in [2.24, 2.45) is 0 Å². The zero-order chi connectivity index (χ0) is 21.7. The average molecular weight is 418 g/mol. The van der Waals surface area contributed by atoms with Crippen LogP contribution in [0.2, 0.25) is 0 Å². The molecule has 1 aliphatic rings. The number of hydrogen-bond acceptors (Lipinski definition) is 10. The summed E-state index contributed by atoms with van der Waals surface area (Å²) in [5.41, 5.74) is -0.947. The van der Waals surface area contributed by atoms with Gasteiger partial charge in [0.15, 0.2) is 16.9 Å². The van der Waals surface area contributed by atoms with E-state index in [-0.39, 0.29) is 40.2 Å². The molecule has 3 aromatic rings. The molecular formula is C20H18O10. The summed E-state index contributed by atoms with van der Waals surface area (Å²) in [5.74, 6) is -2.06. The Morgan fingerprint density at radius 1 is 0.867 bits per heavy atom. The van der Waals surface area contributed by atoms with Gasteiger partial charge < -0.3 is 44.9 Å². The van der Waals surface area contributed by atoms with E-state index in [4.69, 9.17) is 9.15 Å². The van der Waals surface area contributed by atoms with E-state index in [2.05, 4.69) is 0 Å². The van der Waals surface area contributed by atoms with Crippen LogP contribution in [0.15, 0.2) is 39.5 Å². The molecule has 0 amide bonds. The van der Waals surface area contributed by atoms with Gasteiger partial charge in [-0.1, -0.05) is 0 Å². The molecule has 4 atom stereocenters. The Hall–Kier alpha value is -3.31. The van der Waals surface area contributed by atoms with Gasteiger partial charge in [-0.05, 0) is 18.2 Å². The van der Waals surface area contributed by atoms with Gasteiger partial charge in [0, 0.05) is 17.7 Å². The molecular weight excluding hydrogens is 400 g/mol. The van der Waals surface area contributed by atoms with Gasteiger partial charge in [-0.3, -0.25) is 4.79 Å². The topological polar surface area (TPSA) is 181 Å². The van der Waals surface area contributed by atoms with Crippen LogP contribution in [0.25, 0.3) is 22.3 Å². The summed E-state index contributed by atoms with van der Waals surface area (Å²) >= 11 is 0. The van der Waals surface area contributed by atoms with Crippen LogP contribution in [0.5, 0.6) is 23.0 Å². The van der Waals surface area contributed by atoms with Crippen LogP contribution in [-0.4, -0.2) is 60.7 Å². The molecule has 0 saturated carbocycles. The molecule has 0 aliphatic carbocycles. The number of fused-ring (bicyclic) bond motifs is 1. The number of phenols is 4. The third-order valence-corrected chi connectivity index (χ3v) is 5.06. The lowest BCUT2D eigenvalue weighted by Crippen LogP contribution is -2.49. The number of ether oxygens (including phenoxy) is 1. The van der Waals surface area contributed by atoms with Crippen molar-refractivity contribution >= 4 is 11.0 Å². The lowest BCUT2D eigenvalue weighted by molar-refractivity contribution is -0.189. The molecule has 1 aliphatic heterocycles. The fraction of sp³-hybridized carbons (Fsp3) is 0.250. The number of benzene rings is 2. The second kappa shape index (κ2) is 7.18. The third-order valence-electron chi connectivity index (χ3n) is 5.06. The van der Waals surface area contributed by atoms with E-state index in [1.165, 1.54) is 18.2 Å². The molecule has 1 aromatic heterocycles. The lowest BCUT2D eigenvalue weighted by atomic mass is 9.92. The van der Waals surface area contributed by atoms with Gasteiger partial charge in [-0.15, -0.1) is 0 Å². The molecule has 1 saturated heterocycles. The van der Waals surface area contributed by atoms with Gasteiger partial charge in [0.2, 0.25) is 0 Å². The number of aliphatic hydroxyl groups excluding tert-OH is 3. The lowest BCUT2D eigenvalue weighted by Gasteiger charge is -2.35. The first kappa shape index (κ1) is 20.0. The molecule has 1 unspecified atom stereocenters. The predicted octanol–water partition coefficient (Wildman–Crippen LogP) is 0.436. The molecule has 158 valence electrons. The van der Waals surface area contributed by atoms with Gasteiger partial charge >= 0.3 is 0 Å². The summed E-state index contributed by atoms with van der Waals surface area (Å²) in [4.78, 5) is 12.7. The minimum atomic E-state index is -1.67. The summed E-state index contributed by atoms with van der Waals surface area (Å²) in [6.45, 7) is -0.363. The van der Waals surface area contributed by atoms with Gasteiger partial charge in [-0.2, -0.15) is 0 Å². The highest BCUT2D eigenvalue weighted by molar-refractivity contribution is 5.88. The van der Waals surface area contributed by atoms with Crippen molar-refractivity contribution in [2.75, 3.05) is 6.61 Å². The van der Waals surface area contributed by atoms with E-state index in [1.54, 1.807) is 0 Å². The second-order valence-corrected chi connectivity index (χ2v) is 7.01. The standard InChI is InChI=1S/C20H18O10/c21-8-2-1-7(3-9(8)22)13-4-10(23)15-14(30-13)5-11(24)16(18(15)27)20-19(28)17(26)12(25)6-29-20/h1-5,12,17,19-22,24-28H,6H2/t12-,17-,19?,20-/m0/s1. The molecule has 2 aromatic carbocycles. The zero-order valence-corrected chi connectivity index (χ0v) is 15.3. The van der Waals surface area contributed by atoms with Crippen molar-refractivity contribution in [3.63, 3.8) is 0 Å². The Kier molecular flexibility index (Phi) is 4.79. The molecule has 0 bridgehead atoms. The largest absolute Gasteiger partial charge is 0.507 e. The first-order valence-electron chi connectivity index (χ1n) is 8.90. The normalized spacial score (nSPS) is 24.2. The molecule has 30 heavy (non-hydrogen) atoms. The fourth-order valence-electron chi connectivity index (χ4n) is 3.46. The highest BCUT2D eigenvalue weighted by Gasteiger charge is 2.41. The van der Waals surface area contributed by atoms with Crippen molar-refractivity contribution in [1.82, 2.24) is 0 Å². The van der Waals surface area contributed by atoms with E-state index in [0.717, 1.165) is 12.1 Å². The Labute approximate surface area is 168 Å². The summed E-state index contributed by atoms with van der Waals surface area (Å²) < 4.78 is 10.8. The number of phenolic OH excluding ortho intramolecular Hbond substituents is 4. The first-order valence-corrected chi connectivity index (χ1v) is 8.90. The van der Waals surface area contributed by atoms with E-state index >= 15 is 0 Å². The number of rotatable bonds is 2. The van der Waals surface area contributed by atoms with Gasteiger partial charge in [0.05, 0.1) is 12.2 Å². The Morgan fingerprint density at radius 3 is 2.30 bits per heavy atom. The van der Waals surface area contributed by atoms with Crippen LogP contribution in [0, 0.1) is 0 Å². The van der Waals surface area contributed by atoms with Crippen LogP contribution in [0.1, 0.15) is 11.7 Å². The Morgan fingerprint density at radius 2 is 1.60 bits per heavy atom. The van der Waals surface area contributed by atoms with Crippen molar-refractivity contribution in [3.8, 4) is 34.3 Å². The summed E-state index contributed by atoms with van der Waals surface area (Å²) in [6.07, 6.45) is -6.01. The summed E-state index contributed by atoms with van der Waals surface area (Å²) in [7, 11) is 0. The van der Waals surface area contributed by atoms with Crippen LogP contribution >= 0.6 is 0 Å². The van der Waals surface area contributed by atoms with E-state index < -0.39 is 47.1 Å². The molecule has 2 heterocycles. The molecule has 0 radical (unpaired) electrons. The van der Waals surface area contributed by atoms with Crippen LogP contribution < -0.4 is 5.43 Å². The van der Waals surface area contributed by atoms with Crippen molar-refractivity contribution in [3.05, 3.63) is 46.1 Å². The van der Waals surface area contributed by atoms with Gasteiger partial charge in [-0.25, -0.2) is 0 Å². The maximum absolute atomic E-state index is 12.7. The van der Waals surface area contributed by atoms with Crippen LogP contribution in [-0.2, 0) is 4.74 Å². The maximum Gasteiger partial charge on any atom is 0.197 e. The van der Waals surface area contributed by atoms with E-state index in [1.807, 2.05) is 0 Å². The first-order chi connectivity index (χ1) is 14.2. The summed E-state index contributed by atoms with van der Waals surface area (Å²) in [6, 6.07) is 5.86. The van der Waals surface area contributed by atoms with Crippen molar-refractivity contribution < 1.29 is 44.9 Å². The smallest absolute Gasteiger partial charge is 0.197 e. The Balaban J connectivity index is 1.86. The van der Waals surface area contributed by atoms with Crippen molar-refractivity contribution in [2.45, 2.75) is 24.4 Å². The zero-order valence-electron chi connectivity index (χ0n) is 15.3. The van der Waals surface area contributed by atoms with Gasteiger partial charge in [0.25, 0.3) is 0 Å². The average Bonchev–Trinajstić information content (AvgIpc) is 2.69. The Bertz CT molecular complexity index is 1180. The van der Waals surface area contributed by atoms with Crippen molar-refractivity contribution in [1.29, 1.82) is 0 Å². The highest BCUT2D eigenvalue weighted by atomic mass is 16.5. The molecule has 1 fully saturated rings. The van der Waals surface area contributed by atoms with E-state index in [0.29, 0.717) is 0 Å². The number of hydrogen-bond donors (Lipinski definition) is 7. The maximum atomic E-state index is 12.7. The van der Waals surface area contributed by atoms with Crippen LogP contribution in [0.3, 0.4) is 0 Å². The second-order valence-electron chi connectivity index (χ2n) is 7.01. The number of aromatic hydroxyl groups is 4. The van der Waals surface area contributed by atoms with Crippen LogP contribution in [0.4, 0.5) is 0 Å². The molecule has 4 rings (SSSR count). The molecule has 10 heteroatoms. The monoisotopic (exact) mass is 418 g/mol. The van der Waals surface area contributed by atoms with Gasteiger partial charge in [0.1, 0.15) is 52.6 Å². The minimum Gasteiger partial charge on any atom is -0.507 e. The fourth-order valence-corrected chi connectivity index (χ4v) is 3.46. The SMILES string of the molecule is O=c1cc(-c2ccc(O)c(O)c2)oc2cc(O)c([C@@H]3OC[C@H](O)[C@H](O)C3O)c(O)c12. The highest BCUT2D eigenvalue weighted by Crippen LogP contribution is 2.43.